The minimum atomic E-state index is -0.882. The first-order chi connectivity index (χ1) is 16.5. The smallest absolute Gasteiger partial charge is 0.300 e. The number of ether oxygens (including phenoxy) is 1. The Morgan fingerprint density at radius 1 is 0.941 bits per heavy atom. The number of carbonyl (C=O) groups excluding carboxylic acids is 2. The van der Waals surface area contributed by atoms with E-state index in [0.29, 0.717) is 22.6 Å². The summed E-state index contributed by atoms with van der Waals surface area (Å²) in [5.41, 5.74) is 3.96. The zero-order valence-corrected chi connectivity index (χ0v) is 18.8. The van der Waals surface area contributed by atoms with E-state index in [1.165, 1.54) is 29.7 Å². The monoisotopic (exact) mass is 455 g/mol. The van der Waals surface area contributed by atoms with Crippen LogP contribution in [0.5, 0.6) is 11.5 Å². The number of fused-ring (bicyclic) bond motifs is 1. The summed E-state index contributed by atoms with van der Waals surface area (Å²) in [4.78, 5) is 28.0. The molecule has 1 aliphatic carbocycles. The first-order valence-electron chi connectivity index (χ1n) is 11.3. The fourth-order valence-electron chi connectivity index (χ4n) is 4.92. The van der Waals surface area contributed by atoms with E-state index in [1.807, 2.05) is 18.2 Å². The third-order valence-electron chi connectivity index (χ3n) is 6.62. The second-order valence-electron chi connectivity index (χ2n) is 8.62. The molecule has 1 aliphatic heterocycles. The molecule has 6 heteroatoms. The quantitative estimate of drug-likeness (QED) is 0.332. The highest BCUT2D eigenvalue weighted by Gasteiger charge is 2.47. The van der Waals surface area contributed by atoms with Crippen LogP contribution in [0.4, 0.5) is 5.69 Å². The Labute approximate surface area is 197 Å². The number of methoxy groups -OCH3 is 1. The number of carbonyl (C=O) groups is 2. The molecular weight excluding hydrogens is 430 g/mol. The number of nitrogens with zero attached hydrogens (tertiary/aromatic N) is 1. The summed E-state index contributed by atoms with van der Waals surface area (Å²) in [5.74, 6) is -1.22. The molecule has 6 nitrogen and oxygen atoms in total. The van der Waals surface area contributed by atoms with Crippen molar-refractivity contribution >= 4 is 23.1 Å². The van der Waals surface area contributed by atoms with Crippen molar-refractivity contribution in [2.45, 2.75) is 31.7 Å². The second kappa shape index (κ2) is 8.71. The number of amides is 1. The van der Waals surface area contributed by atoms with E-state index in [-0.39, 0.29) is 17.1 Å². The number of para-hydroxylation sites is 2. The number of phenolic OH excluding ortho intramolecular Hbond substituents is 1. The lowest BCUT2D eigenvalue weighted by atomic mass is 9.88. The summed E-state index contributed by atoms with van der Waals surface area (Å²) in [5, 5.41) is 21.2. The molecule has 1 heterocycles. The van der Waals surface area contributed by atoms with E-state index in [0.717, 1.165) is 31.2 Å². The molecule has 5 rings (SSSR count). The number of benzene rings is 3. The third kappa shape index (κ3) is 3.61. The molecule has 1 atom stereocenters. The highest BCUT2D eigenvalue weighted by molar-refractivity contribution is 6.51. The number of phenols is 1. The van der Waals surface area contributed by atoms with Crippen LogP contribution in [0.1, 0.15) is 41.1 Å². The summed E-state index contributed by atoms with van der Waals surface area (Å²) in [6, 6.07) is 18.1. The van der Waals surface area contributed by atoms with Crippen molar-refractivity contribution in [1.29, 1.82) is 0 Å². The minimum absolute atomic E-state index is 0.0114. The third-order valence-corrected chi connectivity index (χ3v) is 6.62. The molecule has 1 amide bonds. The summed E-state index contributed by atoms with van der Waals surface area (Å²) in [7, 11) is 1.50. The molecule has 0 bridgehead atoms. The molecule has 0 radical (unpaired) electrons. The maximum Gasteiger partial charge on any atom is 0.300 e. The summed E-state index contributed by atoms with van der Waals surface area (Å²) >= 11 is 0. The highest BCUT2D eigenvalue weighted by atomic mass is 16.5. The molecule has 172 valence electrons. The molecule has 0 spiro atoms. The Morgan fingerprint density at radius 2 is 1.65 bits per heavy atom. The van der Waals surface area contributed by atoms with Gasteiger partial charge in [0.05, 0.1) is 24.4 Å². The number of aryl methyl sites for hydroxylation is 2. The zero-order valence-electron chi connectivity index (χ0n) is 18.8. The number of anilines is 1. The van der Waals surface area contributed by atoms with Crippen molar-refractivity contribution in [3.63, 3.8) is 0 Å². The van der Waals surface area contributed by atoms with Gasteiger partial charge in [-0.1, -0.05) is 36.4 Å². The molecular formula is C28H25NO5. The largest absolute Gasteiger partial charge is 0.508 e. The average Bonchev–Trinajstić information content (AvgIpc) is 3.13. The SMILES string of the molecule is COc1ccccc1N1C(=O)C(=O)/C(=C(\O)c2ccc3c(c2)CCCC3)C1c1ccc(O)cc1. The minimum Gasteiger partial charge on any atom is -0.508 e. The van der Waals surface area contributed by atoms with Gasteiger partial charge in [-0.15, -0.1) is 0 Å². The van der Waals surface area contributed by atoms with Gasteiger partial charge >= 0.3 is 0 Å². The fraction of sp³-hybridized carbons (Fsp3) is 0.214. The van der Waals surface area contributed by atoms with Crippen LogP contribution in [-0.2, 0) is 22.4 Å². The van der Waals surface area contributed by atoms with Crippen LogP contribution in [0.25, 0.3) is 5.76 Å². The average molecular weight is 456 g/mol. The molecule has 0 aromatic heterocycles. The number of aliphatic hydroxyl groups is 1. The topological polar surface area (TPSA) is 87.1 Å². The first-order valence-corrected chi connectivity index (χ1v) is 11.3. The van der Waals surface area contributed by atoms with E-state index in [1.54, 1.807) is 36.4 Å². The Bertz CT molecular complexity index is 1310. The number of hydrogen-bond donors (Lipinski definition) is 2. The van der Waals surface area contributed by atoms with Crippen molar-refractivity contribution in [1.82, 2.24) is 0 Å². The first kappa shape index (κ1) is 21.8. The van der Waals surface area contributed by atoms with Gasteiger partial charge < -0.3 is 14.9 Å². The number of aliphatic hydroxyl groups excluding tert-OH is 1. The molecule has 2 aliphatic rings. The highest BCUT2D eigenvalue weighted by Crippen LogP contribution is 2.45. The van der Waals surface area contributed by atoms with Crippen molar-refractivity contribution in [3.8, 4) is 11.5 Å². The molecule has 2 N–H and O–H groups in total. The number of hydrogen-bond acceptors (Lipinski definition) is 5. The second-order valence-corrected chi connectivity index (χ2v) is 8.62. The summed E-state index contributed by atoms with van der Waals surface area (Å²) < 4.78 is 5.46. The van der Waals surface area contributed by atoms with Crippen LogP contribution in [0.3, 0.4) is 0 Å². The van der Waals surface area contributed by atoms with Gasteiger partial charge in [0.2, 0.25) is 0 Å². The number of ketones is 1. The predicted molar refractivity (Wildman–Crippen MR) is 129 cm³/mol. The standard InChI is InChI=1S/C28H25NO5/c1-34-23-9-5-4-8-22(23)29-25(18-12-14-21(30)15-13-18)24(27(32)28(29)33)26(31)20-11-10-17-6-2-3-7-19(17)16-20/h4-5,8-16,25,30-31H,2-3,6-7H2,1H3/b26-24-. The van der Waals surface area contributed by atoms with Gasteiger partial charge in [-0.3, -0.25) is 14.5 Å². The number of aromatic hydroxyl groups is 1. The fourth-order valence-corrected chi connectivity index (χ4v) is 4.92. The normalized spacial score (nSPS) is 19.2. The van der Waals surface area contributed by atoms with Crippen LogP contribution in [-0.4, -0.2) is 29.0 Å². The van der Waals surface area contributed by atoms with E-state index >= 15 is 0 Å². The molecule has 3 aromatic carbocycles. The number of Topliss-reactive ketones (excluding diaryl/α,β-unsaturated/α-hetero) is 1. The van der Waals surface area contributed by atoms with Gasteiger partial charge in [0.15, 0.2) is 0 Å². The summed E-state index contributed by atoms with van der Waals surface area (Å²) in [6.45, 7) is 0. The molecule has 1 fully saturated rings. The van der Waals surface area contributed by atoms with Gasteiger partial charge in [-0.05, 0) is 72.7 Å². The number of rotatable bonds is 4. The Hall–Kier alpha value is -4.06. The predicted octanol–water partition coefficient (Wildman–Crippen LogP) is 4.91. The van der Waals surface area contributed by atoms with Crippen LogP contribution in [0, 0.1) is 0 Å². The van der Waals surface area contributed by atoms with E-state index in [9.17, 15) is 19.8 Å². The van der Waals surface area contributed by atoms with Crippen LogP contribution >= 0.6 is 0 Å². The van der Waals surface area contributed by atoms with E-state index in [2.05, 4.69) is 0 Å². The van der Waals surface area contributed by atoms with Gasteiger partial charge in [0, 0.05) is 5.56 Å². The van der Waals surface area contributed by atoms with Gasteiger partial charge in [-0.25, -0.2) is 0 Å². The van der Waals surface area contributed by atoms with E-state index < -0.39 is 17.7 Å². The molecule has 34 heavy (non-hydrogen) atoms. The molecule has 0 saturated carbocycles. The van der Waals surface area contributed by atoms with Gasteiger partial charge in [-0.2, -0.15) is 0 Å². The van der Waals surface area contributed by atoms with Crippen molar-refractivity contribution in [3.05, 3.63) is 94.6 Å². The van der Waals surface area contributed by atoms with Gasteiger partial charge in [0.25, 0.3) is 11.7 Å². The maximum atomic E-state index is 13.3. The van der Waals surface area contributed by atoms with Crippen molar-refractivity contribution in [2.24, 2.45) is 0 Å². The summed E-state index contributed by atoms with van der Waals surface area (Å²) in [6.07, 6.45) is 4.15. The lowest BCUT2D eigenvalue weighted by Gasteiger charge is -2.27. The lowest BCUT2D eigenvalue weighted by Crippen LogP contribution is -2.29. The Morgan fingerprint density at radius 3 is 2.38 bits per heavy atom. The zero-order chi connectivity index (χ0) is 23.8. The van der Waals surface area contributed by atoms with Gasteiger partial charge in [0.1, 0.15) is 17.3 Å². The maximum absolute atomic E-state index is 13.3. The lowest BCUT2D eigenvalue weighted by molar-refractivity contribution is -0.132. The molecule has 3 aromatic rings. The van der Waals surface area contributed by atoms with Crippen LogP contribution in [0.15, 0.2) is 72.3 Å². The Kier molecular flexibility index (Phi) is 5.57. The Balaban J connectivity index is 1.71. The van der Waals surface area contributed by atoms with E-state index in [4.69, 9.17) is 4.74 Å². The molecule has 1 saturated heterocycles. The van der Waals surface area contributed by atoms with Crippen LogP contribution < -0.4 is 9.64 Å². The van der Waals surface area contributed by atoms with Crippen molar-refractivity contribution < 1.29 is 24.5 Å². The molecule has 1 unspecified atom stereocenters. The van der Waals surface area contributed by atoms with Crippen LogP contribution in [0.2, 0.25) is 0 Å². The van der Waals surface area contributed by atoms with Crippen molar-refractivity contribution in [2.75, 3.05) is 12.0 Å².